The number of hydrogen-bond acceptors (Lipinski definition) is 2. The number of halogens is 1. The van der Waals surface area contributed by atoms with Crippen molar-refractivity contribution in [1.82, 2.24) is 14.9 Å². The molecule has 0 radical (unpaired) electrons. The maximum atomic E-state index is 6.23. The number of nitrogens with zero attached hydrogens (tertiary/aromatic N) is 2. The first kappa shape index (κ1) is 12.1. The first-order chi connectivity index (χ1) is 8.15. The maximum Gasteiger partial charge on any atom is 0.155 e. The van der Waals surface area contributed by atoms with Gasteiger partial charge in [0, 0.05) is 12.6 Å². The number of aryl methyl sites for hydroxylation is 1. The van der Waals surface area contributed by atoms with Crippen LogP contribution in [0.4, 0.5) is 0 Å². The summed E-state index contributed by atoms with van der Waals surface area (Å²) in [6.07, 6.45) is 0. The fraction of sp³-hybridized carbons (Fsp3) is 0.308. The summed E-state index contributed by atoms with van der Waals surface area (Å²) < 4.78 is 2.04. The number of imidazole rings is 1. The van der Waals surface area contributed by atoms with E-state index in [4.69, 9.17) is 11.6 Å². The number of hydrogen-bond donors (Lipinski definition) is 1. The lowest BCUT2D eigenvalue weighted by Crippen LogP contribution is -2.10. The minimum Gasteiger partial charge on any atom is -0.329 e. The van der Waals surface area contributed by atoms with Gasteiger partial charge in [-0.1, -0.05) is 35.9 Å². The van der Waals surface area contributed by atoms with Crippen LogP contribution in [0.1, 0.15) is 11.4 Å². The third-order valence-electron chi connectivity index (χ3n) is 2.88. The van der Waals surface area contributed by atoms with E-state index in [1.165, 1.54) is 5.56 Å². The molecule has 1 aromatic carbocycles. The lowest BCUT2D eigenvalue weighted by molar-refractivity contribution is 0.712. The first-order valence-electron chi connectivity index (χ1n) is 5.57. The number of rotatable bonds is 3. The highest BCUT2D eigenvalue weighted by atomic mass is 35.5. The fourth-order valence-electron chi connectivity index (χ4n) is 1.96. The van der Waals surface area contributed by atoms with E-state index in [-0.39, 0.29) is 0 Å². The molecular weight excluding hydrogens is 234 g/mol. The Bertz CT molecular complexity index is 531. The van der Waals surface area contributed by atoms with Gasteiger partial charge in [0.2, 0.25) is 0 Å². The molecule has 1 N–H and O–H groups in total. The van der Waals surface area contributed by atoms with E-state index in [1.54, 1.807) is 0 Å². The molecule has 2 rings (SSSR count). The highest BCUT2D eigenvalue weighted by Crippen LogP contribution is 2.30. The summed E-state index contributed by atoms with van der Waals surface area (Å²) in [5.74, 6) is 0.941. The highest BCUT2D eigenvalue weighted by molar-refractivity contribution is 6.32. The third kappa shape index (κ3) is 2.21. The molecular formula is C13H16ClN3. The SMILES string of the molecule is CNCc1nc(Cl)c(-c2ccccc2C)n1C. The molecule has 0 amide bonds. The molecule has 3 nitrogen and oxygen atoms in total. The van der Waals surface area contributed by atoms with Crippen LogP contribution in [0.25, 0.3) is 11.3 Å². The van der Waals surface area contributed by atoms with Gasteiger partial charge in [0.15, 0.2) is 5.15 Å². The number of benzene rings is 1. The zero-order chi connectivity index (χ0) is 12.4. The molecule has 0 atom stereocenters. The zero-order valence-corrected chi connectivity index (χ0v) is 11.0. The van der Waals surface area contributed by atoms with Crippen LogP contribution in [0.3, 0.4) is 0 Å². The van der Waals surface area contributed by atoms with Crippen molar-refractivity contribution in [3.63, 3.8) is 0 Å². The van der Waals surface area contributed by atoms with Crippen molar-refractivity contribution in [1.29, 1.82) is 0 Å². The summed E-state index contributed by atoms with van der Waals surface area (Å²) in [6.45, 7) is 2.79. The summed E-state index contributed by atoms with van der Waals surface area (Å²) in [5, 5.41) is 3.65. The van der Waals surface area contributed by atoms with Crippen molar-refractivity contribution >= 4 is 11.6 Å². The molecule has 0 saturated heterocycles. The fourth-order valence-corrected chi connectivity index (χ4v) is 2.28. The average molecular weight is 250 g/mol. The molecule has 0 aliphatic heterocycles. The van der Waals surface area contributed by atoms with Crippen LogP contribution in [0.15, 0.2) is 24.3 Å². The second-order valence-electron chi connectivity index (χ2n) is 4.07. The summed E-state index contributed by atoms with van der Waals surface area (Å²) in [5.41, 5.74) is 3.32. The van der Waals surface area contributed by atoms with E-state index in [0.717, 1.165) is 17.1 Å². The molecule has 0 fully saturated rings. The Hall–Kier alpha value is -1.32. The Kier molecular flexibility index (Phi) is 3.50. The van der Waals surface area contributed by atoms with Crippen LogP contribution in [0.5, 0.6) is 0 Å². The lowest BCUT2D eigenvalue weighted by Gasteiger charge is -2.08. The van der Waals surface area contributed by atoms with E-state index in [2.05, 4.69) is 29.4 Å². The maximum absolute atomic E-state index is 6.23. The van der Waals surface area contributed by atoms with Gasteiger partial charge in [0.05, 0.1) is 12.2 Å². The Balaban J connectivity index is 2.56. The minimum absolute atomic E-state index is 0.562. The van der Waals surface area contributed by atoms with Crippen molar-refractivity contribution in [2.24, 2.45) is 7.05 Å². The quantitative estimate of drug-likeness (QED) is 0.907. The standard InChI is InChI=1S/C13H16ClN3/c1-9-6-4-5-7-10(9)12-13(14)16-11(8-15-2)17(12)3/h4-7,15H,8H2,1-3H3. The number of aromatic nitrogens is 2. The van der Waals surface area contributed by atoms with Crippen molar-refractivity contribution in [2.45, 2.75) is 13.5 Å². The molecule has 0 unspecified atom stereocenters. The van der Waals surface area contributed by atoms with Gasteiger partial charge in [-0.25, -0.2) is 4.98 Å². The molecule has 0 aliphatic rings. The Labute approximate surface area is 106 Å². The Morgan fingerprint density at radius 2 is 2.06 bits per heavy atom. The van der Waals surface area contributed by atoms with Gasteiger partial charge in [-0.2, -0.15) is 0 Å². The molecule has 0 aliphatic carbocycles. The average Bonchev–Trinajstić information content (AvgIpc) is 2.57. The Morgan fingerprint density at radius 3 is 2.71 bits per heavy atom. The van der Waals surface area contributed by atoms with Crippen LogP contribution in [-0.4, -0.2) is 16.6 Å². The van der Waals surface area contributed by atoms with Crippen LogP contribution in [0.2, 0.25) is 5.15 Å². The largest absolute Gasteiger partial charge is 0.329 e. The highest BCUT2D eigenvalue weighted by Gasteiger charge is 2.15. The molecule has 4 heteroatoms. The van der Waals surface area contributed by atoms with Crippen molar-refractivity contribution < 1.29 is 0 Å². The molecule has 90 valence electrons. The molecule has 2 aromatic rings. The van der Waals surface area contributed by atoms with Gasteiger partial charge in [-0.3, -0.25) is 0 Å². The normalized spacial score (nSPS) is 10.8. The van der Waals surface area contributed by atoms with Crippen molar-refractivity contribution in [2.75, 3.05) is 7.05 Å². The second kappa shape index (κ2) is 4.90. The van der Waals surface area contributed by atoms with Crippen LogP contribution in [0, 0.1) is 6.92 Å². The van der Waals surface area contributed by atoms with Crippen molar-refractivity contribution in [3.8, 4) is 11.3 Å². The summed E-state index contributed by atoms with van der Waals surface area (Å²) in [6, 6.07) is 8.19. The zero-order valence-electron chi connectivity index (χ0n) is 10.3. The molecule has 1 heterocycles. The topological polar surface area (TPSA) is 29.9 Å². The van der Waals surface area contributed by atoms with E-state index >= 15 is 0 Å². The van der Waals surface area contributed by atoms with E-state index in [1.807, 2.05) is 30.8 Å². The van der Waals surface area contributed by atoms with E-state index in [9.17, 15) is 0 Å². The summed E-state index contributed by atoms with van der Waals surface area (Å²) >= 11 is 6.23. The lowest BCUT2D eigenvalue weighted by atomic mass is 10.1. The Morgan fingerprint density at radius 1 is 1.35 bits per heavy atom. The van der Waals surface area contributed by atoms with Crippen LogP contribution in [-0.2, 0) is 13.6 Å². The number of nitrogens with one attached hydrogen (secondary N) is 1. The molecule has 0 bridgehead atoms. The van der Waals surface area contributed by atoms with Crippen molar-refractivity contribution in [3.05, 3.63) is 40.8 Å². The molecule has 17 heavy (non-hydrogen) atoms. The molecule has 0 spiro atoms. The predicted octanol–water partition coefficient (Wildman–Crippen LogP) is 2.77. The van der Waals surface area contributed by atoms with Gasteiger partial charge in [0.1, 0.15) is 5.82 Å². The van der Waals surface area contributed by atoms with Gasteiger partial charge >= 0.3 is 0 Å². The van der Waals surface area contributed by atoms with Gasteiger partial charge in [-0.15, -0.1) is 0 Å². The molecule has 1 aromatic heterocycles. The summed E-state index contributed by atoms with van der Waals surface area (Å²) in [4.78, 5) is 4.38. The van der Waals surface area contributed by atoms with Gasteiger partial charge < -0.3 is 9.88 Å². The third-order valence-corrected chi connectivity index (χ3v) is 3.14. The van der Waals surface area contributed by atoms with Crippen LogP contribution < -0.4 is 5.32 Å². The molecule has 0 saturated carbocycles. The van der Waals surface area contributed by atoms with E-state index in [0.29, 0.717) is 11.7 Å². The second-order valence-corrected chi connectivity index (χ2v) is 4.43. The predicted molar refractivity (Wildman–Crippen MR) is 71.2 cm³/mol. The minimum atomic E-state index is 0.562. The van der Waals surface area contributed by atoms with Gasteiger partial charge in [-0.05, 0) is 19.5 Å². The van der Waals surface area contributed by atoms with Crippen LogP contribution >= 0.6 is 11.6 Å². The smallest absolute Gasteiger partial charge is 0.155 e. The van der Waals surface area contributed by atoms with E-state index < -0.39 is 0 Å². The first-order valence-corrected chi connectivity index (χ1v) is 5.94. The monoisotopic (exact) mass is 249 g/mol. The van der Waals surface area contributed by atoms with Gasteiger partial charge in [0.25, 0.3) is 0 Å². The summed E-state index contributed by atoms with van der Waals surface area (Å²) in [7, 11) is 3.89.